The Bertz CT molecular complexity index is 347. The molecule has 0 fully saturated rings. The third kappa shape index (κ3) is 1.50. The highest BCUT2D eigenvalue weighted by molar-refractivity contribution is 5.57. The molecule has 0 atom stereocenters. The summed E-state index contributed by atoms with van der Waals surface area (Å²) in [5, 5.41) is 0. The minimum atomic E-state index is 1.17. The molecular formula is C14H18. The van der Waals surface area contributed by atoms with Crippen LogP contribution in [0.25, 0.3) is 6.08 Å². The summed E-state index contributed by atoms with van der Waals surface area (Å²) < 4.78 is 0. The fourth-order valence-electron chi connectivity index (χ4n) is 2.49. The van der Waals surface area contributed by atoms with Gasteiger partial charge in [-0.2, -0.15) is 0 Å². The van der Waals surface area contributed by atoms with Crippen LogP contribution < -0.4 is 0 Å². The second kappa shape index (κ2) is 4.00. The first kappa shape index (κ1) is 9.51. The van der Waals surface area contributed by atoms with Crippen molar-refractivity contribution in [1.29, 1.82) is 0 Å². The lowest BCUT2D eigenvalue weighted by Crippen LogP contribution is -2.07. The molecule has 0 bridgehead atoms. The Hall–Kier alpha value is -1.04. The molecule has 1 aliphatic carbocycles. The molecular weight excluding hydrogens is 168 g/mol. The molecule has 0 radical (unpaired) electrons. The first-order valence-corrected chi connectivity index (χ1v) is 5.63. The van der Waals surface area contributed by atoms with E-state index in [-0.39, 0.29) is 0 Å². The summed E-state index contributed by atoms with van der Waals surface area (Å²) >= 11 is 0. The number of fused-ring (bicyclic) bond motifs is 1. The van der Waals surface area contributed by atoms with Gasteiger partial charge in [-0.15, -0.1) is 0 Å². The molecule has 2 rings (SSSR count). The molecule has 0 nitrogen and oxygen atoms in total. The summed E-state index contributed by atoms with van der Waals surface area (Å²) in [5.41, 5.74) is 6.10. The van der Waals surface area contributed by atoms with Crippen LogP contribution in [0.4, 0.5) is 0 Å². The van der Waals surface area contributed by atoms with Crippen LogP contribution in [0.2, 0.25) is 0 Å². The average molecular weight is 186 g/mol. The van der Waals surface area contributed by atoms with Gasteiger partial charge in [-0.25, -0.2) is 0 Å². The fourth-order valence-corrected chi connectivity index (χ4v) is 2.49. The molecule has 0 amide bonds. The van der Waals surface area contributed by atoms with Gasteiger partial charge >= 0.3 is 0 Å². The van der Waals surface area contributed by atoms with Crippen molar-refractivity contribution in [2.24, 2.45) is 0 Å². The highest BCUT2D eigenvalue weighted by atomic mass is 14.2. The number of rotatable bonds is 2. The monoisotopic (exact) mass is 186 g/mol. The van der Waals surface area contributed by atoms with E-state index in [0.717, 1.165) is 0 Å². The van der Waals surface area contributed by atoms with Crippen molar-refractivity contribution in [1.82, 2.24) is 0 Å². The number of benzene rings is 1. The maximum atomic E-state index is 3.89. The maximum absolute atomic E-state index is 3.89. The van der Waals surface area contributed by atoms with Gasteiger partial charge in [0.25, 0.3) is 0 Å². The van der Waals surface area contributed by atoms with Crippen LogP contribution in [-0.4, -0.2) is 0 Å². The lowest BCUT2D eigenvalue weighted by atomic mass is 9.84. The molecule has 0 saturated heterocycles. The zero-order valence-corrected chi connectivity index (χ0v) is 8.97. The topological polar surface area (TPSA) is 0 Å². The van der Waals surface area contributed by atoms with Crippen LogP contribution >= 0.6 is 0 Å². The number of aryl methyl sites for hydroxylation is 1. The number of hydrogen-bond acceptors (Lipinski definition) is 0. The van der Waals surface area contributed by atoms with Gasteiger partial charge in [0, 0.05) is 0 Å². The Labute approximate surface area is 86.7 Å². The van der Waals surface area contributed by atoms with Gasteiger partial charge in [0.1, 0.15) is 0 Å². The fraction of sp³-hybridized carbons (Fsp3) is 0.429. The van der Waals surface area contributed by atoms with E-state index in [1.807, 2.05) is 6.08 Å². The Morgan fingerprint density at radius 1 is 1.21 bits per heavy atom. The third-order valence-electron chi connectivity index (χ3n) is 3.27. The van der Waals surface area contributed by atoms with Gasteiger partial charge in [0.05, 0.1) is 0 Å². The van der Waals surface area contributed by atoms with Crippen LogP contribution in [0.3, 0.4) is 0 Å². The van der Waals surface area contributed by atoms with Gasteiger partial charge in [0.2, 0.25) is 0 Å². The summed E-state index contributed by atoms with van der Waals surface area (Å²) in [7, 11) is 0. The van der Waals surface area contributed by atoms with E-state index in [0.29, 0.717) is 0 Å². The Morgan fingerprint density at radius 2 is 1.93 bits per heavy atom. The third-order valence-corrected chi connectivity index (χ3v) is 3.27. The van der Waals surface area contributed by atoms with Gasteiger partial charge in [-0.3, -0.25) is 0 Å². The first-order chi connectivity index (χ1) is 6.86. The molecule has 1 aliphatic rings. The molecule has 1 aromatic carbocycles. The average Bonchev–Trinajstić information content (AvgIpc) is 2.27. The molecule has 0 spiro atoms. The molecule has 74 valence electrons. The quantitative estimate of drug-likeness (QED) is 0.659. The van der Waals surface area contributed by atoms with Crippen LogP contribution in [-0.2, 0) is 19.3 Å². The number of hydrogen-bond donors (Lipinski definition) is 0. The SMILES string of the molecule is C=Cc1ccc(CC)c2c1CCCC2. The Morgan fingerprint density at radius 3 is 2.57 bits per heavy atom. The predicted octanol–water partition coefficient (Wildman–Crippen LogP) is 3.77. The summed E-state index contributed by atoms with van der Waals surface area (Å²) in [6, 6.07) is 4.51. The minimum Gasteiger partial charge on any atom is -0.0985 e. The van der Waals surface area contributed by atoms with Crippen molar-refractivity contribution < 1.29 is 0 Å². The van der Waals surface area contributed by atoms with E-state index in [9.17, 15) is 0 Å². The standard InChI is InChI=1S/C14H18/c1-3-11-9-10-12(4-2)14-8-6-5-7-13(11)14/h3,9-10H,1,4-8H2,2H3. The zero-order chi connectivity index (χ0) is 9.97. The van der Waals surface area contributed by atoms with Crippen molar-refractivity contribution >= 4 is 6.08 Å². The largest absolute Gasteiger partial charge is 0.0985 e. The molecule has 0 unspecified atom stereocenters. The molecule has 0 aliphatic heterocycles. The normalized spacial score (nSPS) is 14.9. The van der Waals surface area contributed by atoms with Gasteiger partial charge in [-0.1, -0.05) is 31.7 Å². The Kier molecular flexibility index (Phi) is 2.72. The van der Waals surface area contributed by atoms with Gasteiger partial charge in [-0.05, 0) is 54.4 Å². The smallest absolute Gasteiger partial charge is 0.0227 e. The minimum absolute atomic E-state index is 1.17. The summed E-state index contributed by atoms with van der Waals surface area (Å²) in [5.74, 6) is 0. The first-order valence-electron chi connectivity index (χ1n) is 5.63. The molecule has 14 heavy (non-hydrogen) atoms. The molecule has 0 heterocycles. The van der Waals surface area contributed by atoms with Crippen molar-refractivity contribution in [2.75, 3.05) is 0 Å². The van der Waals surface area contributed by atoms with E-state index in [4.69, 9.17) is 0 Å². The van der Waals surface area contributed by atoms with Crippen LogP contribution in [0.15, 0.2) is 18.7 Å². The van der Waals surface area contributed by atoms with Gasteiger partial charge < -0.3 is 0 Å². The van der Waals surface area contributed by atoms with Crippen molar-refractivity contribution in [2.45, 2.75) is 39.0 Å². The molecule has 0 saturated carbocycles. The lowest BCUT2D eigenvalue weighted by molar-refractivity contribution is 0.678. The van der Waals surface area contributed by atoms with E-state index in [2.05, 4.69) is 25.6 Å². The van der Waals surface area contributed by atoms with Crippen molar-refractivity contribution in [3.05, 3.63) is 41.0 Å². The predicted molar refractivity (Wildman–Crippen MR) is 62.6 cm³/mol. The Balaban J connectivity index is 2.55. The summed E-state index contributed by atoms with van der Waals surface area (Å²) in [6.07, 6.45) is 8.41. The molecule has 0 N–H and O–H groups in total. The second-order valence-electron chi connectivity index (χ2n) is 4.04. The molecule has 0 aromatic heterocycles. The maximum Gasteiger partial charge on any atom is -0.0227 e. The summed E-state index contributed by atoms with van der Waals surface area (Å²) in [6.45, 7) is 6.14. The van der Waals surface area contributed by atoms with Gasteiger partial charge in [0.15, 0.2) is 0 Å². The van der Waals surface area contributed by atoms with Crippen molar-refractivity contribution in [3.8, 4) is 0 Å². The van der Waals surface area contributed by atoms with Crippen molar-refractivity contribution in [3.63, 3.8) is 0 Å². The molecule has 0 heteroatoms. The lowest BCUT2D eigenvalue weighted by Gasteiger charge is -2.21. The highest BCUT2D eigenvalue weighted by Gasteiger charge is 2.14. The second-order valence-corrected chi connectivity index (χ2v) is 4.04. The van der Waals surface area contributed by atoms with Crippen LogP contribution in [0.1, 0.15) is 42.0 Å². The van der Waals surface area contributed by atoms with Crippen LogP contribution in [0, 0.1) is 0 Å². The van der Waals surface area contributed by atoms with E-state index >= 15 is 0 Å². The highest BCUT2D eigenvalue weighted by Crippen LogP contribution is 2.28. The zero-order valence-electron chi connectivity index (χ0n) is 8.97. The van der Waals surface area contributed by atoms with Crippen LogP contribution in [0.5, 0.6) is 0 Å². The molecule has 1 aromatic rings. The van der Waals surface area contributed by atoms with E-state index in [1.165, 1.54) is 37.7 Å². The summed E-state index contributed by atoms with van der Waals surface area (Å²) in [4.78, 5) is 0. The van der Waals surface area contributed by atoms with E-state index in [1.54, 1.807) is 16.7 Å². The van der Waals surface area contributed by atoms with E-state index < -0.39 is 0 Å².